The number of hydrogen-bond donors (Lipinski definition) is 2. The molecule has 2 heterocycles. The topological polar surface area (TPSA) is 116 Å². The summed E-state index contributed by atoms with van der Waals surface area (Å²) in [4.78, 5) is 15.6. The summed E-state index contributed by atoms with van der Waals surface area (Å²) in [7, 11) is 0. The Hall–Kier alpha value is -2.81. The second-order valence-electron chi connectivity index (χ2n) is 4.88. The van der Waals surface area contributed by atoms with Crippen molar-refractivity contribution < 1.29 is 28.6 Å². The Morgan fingerprint density at radius 1 is 1.43 bits per heavy atom. The Bertz CT molecular complexity index is 700. The zero-order valence-corrected chi connectivity index (χ0v) is 12.3. The molecule has 0 bridgehead atoms. The zero-order chi connectivity index (χ0) is 16.2. The van der Waals surface area contributed by atoms with Crippen molar-refractivity contribution >= 4 is 5.91 Å². The number of benzene rings is 1. The van der Waals surface area contributed by atoms with Crippen LogP contribution in [0, 0.1) is 0 Å². The lowest BCUT2D eigenvalue weighted by Gasteiger charge is -2.04. The van der Waals surface area contributed by atoms with Crippen molar-refractivity contribution in [2.75, 3.05) is 13.3 Å². The van der Waals surface area contributed by atoms with Gasteiger partial charge in [-0.1, -0.05) is 5.16 Å². The van der Waals surface area contributed by atoms with E-state index in [0.29, 0.717) is 17.2 Å². The molecule has 0 unspecified atom stereocenters. The van der Waals surface area contributed by atoms with E-state index < -0.39 is 12.0 Å². The number of nitrogens with zero attached hydrogens (tertiary/aromatic N) is 2. The number of ether oxygens (including phenoxy) is 3. The van der Waals surface area contributed by atoms with Gasteiger partial charge >= 0.3 is 11.8 Å². The first-order chi connectivity index (χ1) is 11.1. The Kier molecular flexibility index (Phi) is 4.29. The summed E-state index contributed by atoms with van der Waals surface area (Å²) in [5.41, 5.74) is 0. The molecule has 2 aromatic rings. The Morgan fingerprint density at radius 3 is 3.09 bits per heavy atom. The molecule has 0 saturated heterocycles. The van der Waals surface area contributed by atoms with Crippen LogP contribution in [-0.2, 0) is 6.61 Å². The van der Waals surface area contributed by atoms with E-state index in [4.69, 9.17) is 23.8 Å². The highest BCUT2D eigenvalue weighted by Crippen LogP contribution is 2.35. The van der Waals surface area contributed by atoms with Crippen LogP contribution in [0.2, 0.25) is 0 Å². The first kappa shape index (κ1) is 15.1. The summed E-state index contributed by atoms with van der Waals surface area (Å²) < 4.78 is 20.8. The number of carbonyl (C=O) groups is 1. The van der Waals surface area contributed by atoms with Crippen LogP contribution >= 0.6 is 0 Å². The van der Waals surface area contributed by atoms with Gasteiger partial charge in [-0.15, -0.1) is 0 Å². The molecule has 122 valence electrons. The van der Waals surface area contributed by atoms with Crippen LogP contribution in [0.5, 0.6) is 17.2 Å². The number of amides is 1. The van der Waals surface area contributed by atoms with E-state index in [1.807, 2.05) is 0 Å². The van der Waals surface area contributed by atoms with Crippen molar-refractivity contribution in [3.05, 3.63) is 29.9 Å². The molecule has 9 nitrogen and oxygen atoms in total. The van der Waals surface area contributed by atoms with Crippen molar-refractivity contribution in [2.45, 2.75) is 19.6 Å². The number of aliphatic hydroxyl groups is 1. The van der Waals surface area contributed by atoms with Gasteiger partial charge in [0.2, 0.25) is 12.6 Å². The van der Waals surface area contributed by atoms with Gasteiger partial charge in [0.1, 0.15) is 5.75 Å². The smallest absolute Gasteiger partial charge is 0.316 e. The number of carbonyl (C=O) groups excluding carboxylic acids is 1. The average Bonchev–Trinajstić information content (AvgIpc) is 3.19. The fourth-order valence-electron chi connectivity index (χ4n) is 1.84. The number of aromatic nitrogens is 2. The molecule has 0 aliphatic carbocycles. The lowest BCUT2D eigenvalue weighted by molar-refractivity contribution is 0.0880. The maximum Gasteiger partial charge on any atom is 0.316 e. The second-order valence-corrected chi connectivity index (χ2v) is 4.88. The van der Waals surface area contributed by atoms with Crippen LogP contribution in [0.4, 0.5) is 0 Å². The molecule has 1 atom stereocenters. The maximum atomic E-state index is 11.7. The molecule has 9 heteroatoms. The quantitative estimate of drug-likeness (QED) is 0.789. The van der Waals surface area contributed by atoms with Gasteiger partial charge in [0.15, 0.2) is 18.1 Å². The molecular weight excluding hydrogens is 306 g/mol. The summed E-state index contributed by atoms with van der Waals surface area (Å²) in [6.45, 7) is 1.88. The Morgan fingerprint density at radius 2 is 2.26 bits per heavy atom. The van der Waals surface area contributed by atoms with Crippen molar-refractivity contribution in [1.82, 2.24) is 15.5 Å². The Balaban J connectivity index is 1.56. The second kappa shape index (κ2) is 6.53. The monoisotopic (exact) mass is 321 g/mol. The third-order valence-corrected chi connectivity index (χ3v) is 2.93. The lowest BCUT2D eigenvalue weighted by Crippen LogP contribution is -2.30. The summed E-state index contributed by atoms with van der Waals surface area (Å²) in [5.74, 6) is 1.31. The fraction of sp³-hybridized carbons (Fsp3) is 0.357. The predicted molar refractivity (Wildman–Crippen MR) is 75.2 cm³/mol. The van der Waals surface area contributed by atoms with E-state index in [0.717, 1.165) is 0 Å². The van der Waals surface area contributed by atoms with E-state index >= 15 is 0 Å². The third kappa shape index (κ3) is 3.69. The van der Waals surface area contributed by atoms with Crippen molar-refractivity contribution in [3.8, 4) is 17.2 Å². The minimum Gasteiger partial charge on any atom is -0.485 e. The number of rotatable bonds is 6. The highest BCUT2D eigenvalue weighted by Gasteiger charge is 2.17. The third-order valence-electron chi connectivity index (χ3n) is 2.93. The van der Waals surface area contributed by atoms with Crippen molar-refractivity contribution in [3.63, 3.8) is 0 Å². The summed E-state index contributed by atoms with van der Waals surface area (Å²) in [6.07, 6.45) is -0.657. The van der Waals surface area contributed by atoms with Crippen LogP contribution in [-0.4, -0.2) is 40.6 Å². The number of nitrogens with one attached hydrogen (secondary N) is 1. The first-order valence-corrected chi connectivity index (χ1v) is 6.93. The molecule has 1 aromatic carbocycles. The van der Waals surface area contributed by atoms with Gasteiger partial charge in [0.25, 0.3) is 0 Å². The van der Waals surface area contributed by atoms with E-state index in [9.17, 15) is 4.79 Å². The first-order valence-electron chi connectivity index (χ1n) is 6.93. The molecule has 0 radical (unpaired) electrons. The zero-order valence-electron chi connectivity index (χ0n) is 12.3. The highest BCUT2D eigenvalue weighted by molar-refractivity contribution is 5.89. The van der Waals surface area contributed by atoms with Gasteiger partial charge in [-0.3, -0.25) is 4.79 Å². The number of aliphatic hydroxyl groups excluding tert-OH is 1. The van der Waals surface area contributed by atoms with Gasteiger partial charge in [-0.2, -0.15) is 4.98 Å². The minimum absolute atomic E-state index is 0.0346. The highest BCUT2D eigenvalue weighted by atomic mass is 16.7. The molecule has 2 N–H and O–H groups in total. The fourth-order valence-corrected chi connectivity index (χ4v) is 1.84. The molecular formula is C14H15N3O6. The lowest BCUT2D eigenvalue weighted by atomic mass is 10.3. The van der Waals surface area contributed by atoms with Crippen LogP contribution in [0.15, 0.2) is 22.7 Å². The standard InChI is InChI=1S/C14H15N3O6/c1-8(18)5-15-13(19)14-16-12(17-23-14)6-20-9-2-3-10-11(4-9)22-7-21-10/h2-4,8,18H,5-7H2,1H3,(H,15,19)/t8-/m1/s1. The van der Waals surface area contributed by atoms with Crippen LogP contribution < -0.4 is 19.5 Å². The number of hydrogen-bond acceptors (Lipinski definition) is 8. The molecule has 1 aliphatic rings. The molecule has 0 fully saturated rings. The average molecular weight is 321 g/mol. The van der Waals surface area contributed by atoms with E-state index in [1.165, 1.54) is 0 Å². The number of fused-ring (bicyclic) bond motifs is 1. The van der Waals surface area contributed by atoms with Crippen LogP contribution in [0.25, 0.3) is 0 Å². The van der Waals surface area contributed by atoms with E-state index in [2.05, 4.69) is 15.5 Å². The Labute approximate surface area is 131 Å². The van der Waals surface area contributed by atoms with Gasteiger partial charge in [0.05, 0.1) is 6.10 Å². The van der Waals surface area contributed by atoms with Crippen LogP contribution in [0.3, 0.4) is 0 Å². The van der Waals surface area contributed by atoms with Crippen molar-refractivity contribution in [2.24, 2.45) is 0 Å². The normalized spacial score (nSPS) is 13.7. The molecule has 0 spiro atoms. The van der Waals surface area contributed by atoms with Gasteiger partial charge < -0.3 is 29.2 Å². The van der Waals surface area contributed by atoms with Gasteiger partial charge in [0, 0.05) is 12.6 Å². The molecule has 1 amide bonds. The molecule has 23 heavy (non-hydrogen) atoms. The van der Waals surface area contributed by atoms with E-state index in [1.54, 1.807) is 25.1 Å². The molecule has 1 aliphatic heterocycles. The summed E-state index contributed by atoms with van der Waals surface area (Å²) in [6, 6.07) is 5.16. The van der Waals surface area contributed by atoms with E-state index in [-0.39, 0.29) is 31.7 Å². The summed E-state index contributed by atoms with van der Waals surface area (Å²) in [5, 5.41) is 15.2. The summed E-state index contributed by atoms with van der Waals surface area (Å²) >= 11 is 0. The van der Waals surface area contributed by atoms with Gasteiger partial charge in [-0.25, -0.2) is 0 Å². The molecule has 0 saturated carbocycles. The molecule has 1 aromatic heterocycles. The predicted octanol–water partition coefficient (Wildman–Crippen LogP) is 0.488. The SMILES string of the molecule is C[C@@H](O)CNC(=O)c1nc(COc2ccc3c(c2)OCO3)no1. The maximum absolute atomic E-state index is 11.7. The largest absolute Gasteiger partial charge is 0.485 e. The minimum atomic E-state index is -0.657. The van der Waals surface area contributed by atoms with Gasteiger partial charge in [-0.05, 0) is 19.1 Å². The van der Waals surface area contributed by atoms with Crippen LogP contribution in [0.1, 0.15) is 23.4 Å². The molecule has 3 rings (SSSR count). The van der Waals surface area contributed by atoms with Crippen molar-refractivity contribution in [1.29, 1.82) is 0 Å².